The average Bonchev–Trinajstić information content (AvgIpc) is 2.70. The van der Waals surface area contributed by atoms with Crippen molar-refractivity contribution in [3.05, 3.63) is 42.3 Å². The van der Waals surface area contributed by atoms with Crippen molar-refractivity contribution in [2.45, 2.75) is 0 Å². The largest absolute Gasteiger partial charge is 0.479 e. The summed E-state index contributed by atoms with van der Waals surface area (Å²) in [6, 6.07) is 7.17. The Bertz CT molecular complexity index is 387. The molecule has 1 aliphatic rings. The predicted octanol–water partition coefficient (Wildman–Crippen LogP) is 1.05. The number of nitrogens with zero attached hydrogens (tertiary/aromatic N) is 1. The summed E-state index contributed by atoms with van der Waals surface area (Å²) in [4.78, 5) is 12.9. The maximum atomic E-state index is 11.1. The van der Waals surface area contributed by atoms with Crippen molar-refractivity contribution in [1.29, 1.82) is 0 Å². The number of benzene rings is 1. The Morgan fingerprint density at radius 1 is 1.43 bits per heavy atom. The minimum Gasteiger partial charge on any atom is -0.479 e. The first kappa shape index (κ1) is 8.62. The van der Waals surface area contributed by atoms with Crippen LogP contribution in [0.25, 0.3) is 0 Å². The van der Waals surface area contributed by atoms with Crippen LogP contribution in [0.1, 0.15) is 10.4 Å². The molecule has 14 heavy (non-hydrogen) atoms. The molecule has 72 valence electrons. The molecule has 0 spiro atoms. The fourth-order valence-corrected chi connectivity index (χ4v) is 1.37. The summed E-state index contributed by atoms with van der Waals surface area (Å²) in [5.41, 5.74) is 6.53. The fraction of sp³-hybridized carbons (Fsp3) is 0.100. The van der Waals surface area contributed by atoms with Crippen molar-refractivity contribution in [3.8, 4) is 0 Å². The normalized spacial score (nSPS) is 14.1. The highest BCUT2D eigenvalue weighted by molar-refractivity contribution is 5.98. The number of rotatable bonds is 2. The molecule has 1 amide bonds. The van der Waals surface area contributed by atoms with Gasteiger partial charge in [-0.1, -0.05) is 12.1 Å². The topological polar surface area (TPSA) is 55.6 Å². The van der Waals surface area contributed by atoms with Gasteiger partial charge in [0.05, 0.1) is 11.3 Å². The van der Waals surface area contributed by atoms with E-state index in [4.69, 9.17) is 10.5 Å². The number of nitrogens with two attached hydrogens (primary N) is 1. The fourth-order valence-electron chi connectivity index (χ4n) is 1.37. The van der Waals surface area contributed by atoms with Crippen molar-refractivity contribution < 1.29 is 9.53 Å². The molecule has 0 saturated heterocycles. The van der Waals surface area contributed by atoms with Crippen LogP contribution < -0.4 is 10.6 Å². The van der Waals surface area contributed by atoms with E-state index in [0.29, 0.717) is 12.3 Å². The van der Waals surface area contributed by atoms with Gasteiger partial charge in [0, 0.05) is 6.20 Å². The Morgan fingerprint density at radius 2 is 2.21 bits per heavy atom. The number of carbonyl (C=O) groups excluding carboxylic acids is 1. The summed E-state index contributed by atoms with van der Waals surface area (Å²) in [5, 5.41) is 0. The van der Waals surface area contributed by atoms with Gasteiger partial charge in [0.15, 0.2) is 6.73 Å². The molecule has 0 aromatic heterocycles. The molecule has 0 radical (unpaired) electrons. The van der Waals surface area contributed by atoms with Crippen LogP contribution in [0.2, 0.25) is 0 Å². The molecular weight excluding hydrogens is 180 g/mol. The maximum absolute atomic E-state index is 11.1. The highest BCUT2D eigenvalue weighted by atomic mass is 16.5. The summed E-state index contributed by atoms with van der Waals surface area (Å²) in [6.07, 6.45) is 3.35. The highest BCUT2D eigenvalue weighted by Crippen LogP contribution is 2.22. The molecule has 0 bridgehead atoms. The van der Waals surface area contributed by atoms with Crippen LogP contribution in [0.4, 0.5) is 5.69 Å². The summed E-state index contributed by atoms with van der Waals surface area (Å²) >= 11 is 0. The van der Waals surface area contributed by atoms with Crippen LogP contribution in [0.3, 0.4) is 0 Å². The second kappa shape index (κ2) is 3.41. The van der Waals surface area contributed by atoms with Gasteiger partial charge in [0.1, 0.15) is 6.26 Å². The summed E-state index contributed by atoms with van der Waals surface area (Å²) in [6.45, 7) is 0.421. The first-order valence-electron chi connectivity index (χ1n) is 4.23. The number of hydrogen-bond acceptors (Lipinski definition) is 3. The lowest BCUT2D eigenvalue weighted by molar-refractivity contribution is 0.100. The van der Waals surface area contributed by atoms with Gasteiger partial charge in [-0.2, -0.15) is 0 Å². The van der Waals surface area contributed by atoms with Gasteiger partial charge in [-0.3, -0.25) is 4.79 Å². The summed E-state index contributed by atoms with van der Waals surface area (Å²) < 4.78 is 5.04. The van der Waals surface area contributed by atoms with Crippen LogP contribution in [-0.2, 0) is 4.74 Å². The molecule has 2 rings (SSSR count). The van der Waals surface area contributed by atoms with Crippen molar-refractivity contribution in [2.24, 2.45) is 5.73 Å². The molecule has 2 N–H and O–H groups in total. The Labute approximate surface area is 81.6 Å². The Hall–Kier alpha value is -1.97. The monoisotopic (exact) mass is 190 g/mol. The number of carbonyl (C=O) groups is 1. The van der Waals surface area contributed by atoms with E-state index in [0.717, 1.165) is 5.69 Å². The van der Waals surface area contributed by atoms with Gasteiger partial charge in [0.25, 0.3) is 5.91 Å². The van der Waals surface area contributed by atoms with E-state index >= 15 is 0 Å². The molecule has 1 aromatic rings. The second-order valence-corrected chi connectivity index (χ2v) is 2.93. The number of primary amides is 1. The molecule has 4 nitrogen and oxygen atoms in total. The number of ether oxygens (including phenoxy) is 1. The quantitative estimate of drug-likeness (QED) is 0.758. The van der Waals surface area contributed by atoms with Crippen molar-refractivity contribution in [3.63, 3.8) is 0 Å². The zero-order chi connectivity index (χ0) is 9.97. The predicted molar refractivity (Wildman–Crippen MR) is 52.5 cm³/mol. The number of amides is 1. The maximum Gasteiger partial charge on any atom is 0.250 e. The Morgan fingerprint density at radius 3 is 2.86 bits per heavy atom. The van der Waals surface area contributed by atoms with Crippen LogP contribution in [-0.4, -0.2) is 12.6 Å². The van der Waals surface area contributed by atoms with E-state index in [2.05, 4.69) is 0 Å². The molecule has 1 aromatic carbocycles. The van der Waals surface area contributed by atoms with Crippen LogP contribution in [0.5, 0.6) is 0 Å². The first-order chi connectivity index (χ1) is 6.79. The third kappa shape index (κ3) is 1.42. The molecular formula is C10H10N2O2. The van der Waals surface area contributed by atoms with E-state index in [1.807, 2.05) is 17.0 Å². The number of para-hydroxylation sites is 1. The minimum absolute atomic E-state index is 0.421. The molecule has 0 atom stereocenters. The van der Waals surface area contributed by atoms with E-state index < -0.39 is 5.91 Å². The lowest BCUT2D eigenvalue weighted by atomic mass is 10.1. The van der Waals surface area contributed by atoms with E-state index in [9.17, 15) is 4.79 Å². The van der Waals surface area contributed by atoms with Crippen LogP contribution >= 0.6 is 0 Å². The third-order valence-corrected chi connectivity index (χ3v) is 2.03. The van der Waals surface area contributed by atoms with E-state index in [1.165, 1.54) is 0 Å². The third-order valence-electron chi connectivity index (χ3n) is 2.03. The molecule has 0 unspecified atom stereocenters. The molecule has 0 saturated carbocycles. The van der Waals surface area contributed by atoms with Crippen LogP contribution in [0, 0.1) is 0 Å². The van der Waals surface area contributed by atoms with Crippen molar-refractivity contribution in [2.75, 3.05) is 11.6 Å². The molecule has 4 heteroatoms. The SMILES string of the molecule is NC(=O)c1ccccc1N1C=COC1. The summed E-state index contributed by atoms with van der Waals surface area (Å²) in [7, 11) is 0. The van der Waals surface area contributed by atoms with Gasteiger partial charge in [-0.05, 0) is 12.1 Å². The standard InChI is InChI=1S/C10H10N2O2/c11-10(13)8-3-1-2-4-9(8)12-5-6-14-7-12/h1-6H,7H2,(H2,11,13). The van der Waals surface area contributed by atoms with E-state index in [1.54, 1.807) is 24.6 Å². The average molecular weight is 190 g/mol. The lowest BCUT2D eigenvalue weighted by Crippen LogP contribution is -2.20. The van der Waals surface area contributed by atoms with Gasteiger partial charge < -0.3 is 15.4 Å². The smallest absolute Gasteiger partial charge is 0.250 e. The molecule has 1 aliphatic heterocycles. The Kier molecular flexibility index (Phi) is 2.10. The van der Waals surface area contributed by atoms with Gasteiger partial charge in [-0.15, -0.1) is 0 Å². The van der Waals surface area contributed by atoms with Gasteiger partial charge in [-0.25, -0.2) is 0 Å². The van der Waals surface area contributed by atoms with Crippen molar-refractivity contribution >= 4 is 11.6 Å². The van der Waals surface area contributed by atoms with Gasteiger partial charge >= 0.3 is 0 Å². The number of hydrogen-bond donors (Lipinski definition) is 1. The lowest BCUT2D eigenvalue weighted by Gasteiger charge is -2.16. The van der Waals surface area contributed by atoms with Crippen LogP contribution in [0.15, 0.2) is 36.7 Å². The van der Waals surface area contributed by atoms with Crippen molar-refractivity contribution in [1.82, 2.24) is 0 Å². The molecule has 0 fully saturated rings. The number of anilines is 1. The Balaban J connectivity index is 2.40. The molecule has 0 aliphatic carbocycles. The molecule has 1 heterocycles. The second-order valence-electron chi connectivity index (χ2n) is 2.93. The van der Waals surface area contributed by atoms with Gasteiger partial charge in [0.2, 0.25) is 0 Å². The first-order valence-corrected chi connectivity index (χ1v) is 4.23. The highest BCUT2D eigenvalue weighted by Gasteiger charge is 2.14. The summed E-state index contributed by atoms with van der Waals surface area (Å²) in [5.74, 6) is -0.430. The minimum atomic E-state index is -0.430. The van der Waals surface area contributed by atoms with E-state index in [-0.39, 0.29) is 0 Å². The zero-order valence-electron chi connectivity index (χ0n) is 7.51. The zero-order valence-corrected chi connectivity index (χ0v) is 7.51.